The van der Waals surface area contributed by atoms with Crippen molar-refractivity contribution in [2.45, 2.75) is 0 Å². The van der Waals surface area contributed by atoms with Crippen molar-refractivity contribution >= 4 is 57.9 Å². The summed E-state index contributed by atoms with van der Waals surface area (Å²) >= 11 is 0. The maximum atomic E-state index is 0. The van der Waals surface area contributed by atoms with Crippen LogP contribution in [0.2, 0.25) is 0 Å². The van der Waals surface area contributed by atoms with Crippen LogP contribution in [0.1, 0.15) is 0 Å². The van der Waals surface area contributed by atoms with Gasteiger partial charge < -0.3 is 5.48 Å². The van der Waals surface area contributed by atoms with Crippen molar-refractivity contribution in [3.63, 3.8) is 0 Å². The molecular weight excluding hydrogens is 153 g/mol. The SMILES string of the molecule is O.[Al].[Co].[Na].[Si]. The predicted molar refractivity (Wildman–Crippen MR) is 20.9 cm³/mol. The Bertz CT molecular complexity index is 11.6. The van der Waals surface area contributed by atoms with E-state index < -0.39 is 0 Å². The van der Waals surface area contributed by atoms with Crippen LogP contribution in [0.5, 0.6) is 0 Å². The molecule has 0 aliphatic rings. The summed E-state index contributed by atoms with van der Waals surface area (Å²) in [6.07, 6.45) is 0. The third kappa shape index (κ3) is 22.5. The van der Waals surface area contributed by atoms with Gasteiger partial charge in [0.1, 0.15) is 0 Å². The van der Waals surface area contributed by atoms with Gasteiger partial charge in [-0.15, -0.1) is 0 Å². The number of hydrogen-bond acceptors (Lipinski definition) is 0. The summed E-state index contributed by atoms with van der Waals surface area (Å²) in [5, 5.41) is 0. The molecule has 0 amide bonds. The fraction of sp³-hybridized carbons (Fsp3) is 0. The molecule has 0 aromatic carbocycles. The first-order valence-corrected chi connectivity index (χ1v) is 0. The minimum absolute atomic E-state index is 0. The van der Waals surface area contributed by atoms with E-state index in [1.807, 2.05) is 0 Å². The Hall–Kier alpha value is 2.22. The van der Waals surface area contributed by atoms with Gasteiger partial charge >= 0.3 is 0 Å². The summed E-state index contributed by atoms with van der Waals surface area (Å²) in [6.45, 7) is 0. The molecule has 0 saturated carbocycles. The molecule has 0 saturated heterocycles. The van der Waals surface area contributed by atoms with Gasteiger partial charge in [-0.05, 0) is 0 Å². The molecule has 0 spiro atoms. The Morgan fingerprint density at radius 2 is 1.00 bits per heavy atom. The van der Waals surface area contributed by atoms with E-state index in [1.54, 1.807) is 0 Å². The number of hydrogen-bond donors (Lipinski definition) is 0. The van der Waals surface area contributed by atoms with Gasteiger partial charge in [0.15, 0.2) is 0 Å². The zero-order valence-electron chi connectivity index (χ0n) is 2.91. The molecule has 0 aliphatic carbocycles. The zero-order chi connectivity index (χ0) is 0. The molecular formula is H2AlCoNaOSi. The summed E-state index contributed by atoms with van der Waals surface area (Å²) in [5.41, 5.74) is 0. The van der Waals surface area contributed by atoms with E-state index in [2.05, 4.69) is 0 Å². The van der Waals surface area contributed by atoms with Crippen LogP contribution in [0, 0.1) is 0 Å². The van der Waals surface area contributed by atoms with E-state index in [0.717, 1.165) is 0 Å². The van der Waals surface area contributed by atoms with E-state index in [-0.39, 0.29) is 80.1 Å². The molecule has 0 bridgehead atoms. The molecule has 0 atom stereocenters. The molecule has 25 valence electrons. The monoisotopic (exact) mass is 155 g/mol. The van der Waals surface area contributed by atoms with Gasteiger partial charge in [-0.1, -0.05) is 0 Å². The largest absolute Gasteiger partial charge is 0.412 e. The molecule has 9 radical (unpaired) electrons. The first kappa shape index (κ1) is 56.8. The van der Waals surface area contributed by atoms with Crippen LogP contribution in [0.3, 0.4) is 0 Å². The van der Waals surface area contributed by atoms with Gasteiger partial charge in [0, 0.05) is 74.7 Å². The minimum Gasteiger partial charge on any atom is -0.412 e. The summed E-state index contributed by atoms with van der Waals surface area (Å²) in [6, 6.07) is 0. The van der Waals surface area contributed by atoms with Crippen LogP contribution in [-0.2, 0) is 16.8 Å². The van der Waals surface area contributed by atoms with Crippen molar-refractivity contribution in [3.05, 3.63) is 0 Å². The van der Waals surface area contributed by atoms with Crippen molar-refractivity contribution in [1.29, 1.82) is 0 Å². The molecule has 0 aromatic heterocycles. The van der Waals surface area contributed by atoms with E-state index in [0.29, 0.717) is 0 Å². The summed E-state index contributed by atoms with van der Waals surface area (Å²) < 4.78 is 0. The Labute approximate surface area is 79.2 Å². The van der Waals surface area contributed by atoms with E-state index >= 15 is 0 Å². The standard InChI is InChI=1S/Al.Co.Na.H2O.Si/h;;;1H2;. The van der Waals surface area contributed by atoms with E-state index in [9.17, 15) is 0 Å². The zero-order valence-corrected chi connectivity index (χ0v) is 8.11. The van der Waals surface area contributed by atoms with E-state index in [1.165, 1.54) is 0 Å². The van der Waals surface area contributed by atoms with Gasteiger partial charge in [-0.25, -0.2) is 0 Å². The second-order valence-corrected chi connectivity index (χ2v) is 0. The van der Waals surface area contributed by atoms with Crippen LogP contribution < -0.4 is 0 Å². The quantitative estimate of drug-likeness (QED) is 0.363. The van der Waals surface area contributed by atoms with Crippen molar-refractivity contribution in [1.82, 2.24) is 0 Å². The Morgan fingerprint density at radius 3 is 1.00 bits per heavy atom. The maximum Gasteiger partial charge on any atom is 0 e. The van der Waals surface area contributed by atoms with Crippen molar-refractivity contribution in [2.75, 3.05) is 0 Å². The summed E-state index contributed by atoms with van der Waals surface area (Å²) in [7, 11) is 0. The average molecular weight is 155 g/mol. The summed E-state index contributed by atoms with van der Waals surface area (Å²) in [4.78, 5) is 0. The van der Waals surface area contributed by atoms with Gasteiger partial charge in [-0.3, -0.25) is 0 Å². The summed E-state index contributed by atoms with van der Waals surface area (Å²) in [5.74, 6) is 0. The number of rotatable bonds is 0. The molecule has 5 heteroatoms. The Balaban J connectivity index is 0. The van der Waals surface area contributed by atoms with Crippen LogP contribution in [0.25, 0.3) is 0 Å². The fourth-order valence-corrected chi connectivity index (χ4v) is 0. The molecule has 0 rings (SSSR count). The van der Waals surface area contributed by atoms with E-state index in [4.69, 9.17) is 0 Å². The van der Waals surface area contributed by atoms with Crippen molar-refractivity contribution < 1.29 is 22.3 Å². The molecule has 0 unspecified atom stereocenters. The Kier molecular flexibility index (Phi) is 391. The van der Waals surface area contributed by atoms with Gasteiger partial charge in [0.2, 0.25) is 0 Å². The van der Waals surface area contributed by atoms with Crippen molar-refractivity contribution in [3.8, 4) is 0 Å². The molecule has 1 nitrogen and oxygen atoms in total. The second-order valence-electron chi connectivity index (χ2n) is 0. The molecule has 2 N–H and O–H groups in total. The molecule has 0 heterocycles. The first-order chi connectivity index (χ1) is 0. The second kappa shape index (κ2) is 34.4. The topological polar surface area (TPSA) is 31.5 Å². The third-order valence-electron chi connectivity index (χ3n) is 0. The predicted octanol–water partition coefficient (Wildman–Crippen LogP) is -1.97. The Morgan fingerprint density at radius 1 is 1.00 bits per heavy atom. The van der Waals surface area contributed by atoms with Gasteiger partial charge in [0.25, 0.3) is 0 Å². The molecule has 5 heavy (non-hydrogen) atoms. The van der Waals surface area contributed by atoms with Crippen LogP contribution in [-0.4, -0.2) is 63.4 Å². The van der Waals surface area contributed by atoms with Gasteiger partial charge in [0.05, 0.1) is 0 Å². The first-order valence-electron chi connectivity index (χ1n) is 0. The minimum atomic E-state index is 0. The normalized spacial score (nSPS) is 0. The third-order valence-corrected chi connectivity index (χ3v) is 0. The fourth-order valence-electron chi connectivity index (χ4n) is 0. The molecule has 0 aliphatic heterocycles. The van der Waals surface area contributed by atoms with Crippen LogP contribution in [0.15, 0.2) is 0 Å². The molecule has 0 fully saturated rings. The van der Waals surface area contributed by atoms with Crippen LogP contribution >= 0.6 is 0 Å². The van der Waals surface area contributed by atoms with Crippen molar-refractivity contribution in [2.24, 2.45) is 0 Å². The molecule has 0 aromatic rings. The average Bonchev–Trinajstić information content (AvgIpc) is 0. The van der Waals surface area contributed by atoms with Gasteiger partial charge in [-0.2, -0.15) is 0 Å². The maximum absolute atomic E-state index is 0. The smallest absolute Gasteiger partial charge is 0 e. The van der Waals surface area contributed by atoms with Crippen LogP contribution in [0.4, 0.5) is 0 Å².